The lowest BCUT2D eigenvalue weighted by Crippen LogP contribution is -2.12. The van der Waals surface area contributed by atoms with Gasteiger partial charge in [0.25, 0.3) is 0 Å². The molecule has 6 nitrogen and oxygen atoms in total. The zero-order valence-corrected chi connectivity index (χ0v) is 14.0. The van der Waals surface area contributed by atoms with E-state index < -0.39 is 0 Å². The number of para-hydroxylation sites is 2. The van der Waals surface area contributed by atoms with Crippen molar-refractivity contribution in [3.63, 3.8) is 0 Å². The number of allylic oxidation sites excluding steroid dienone is 3. The number of benzene rings is 1. The first-order chi connectivity index (χ1) is 12.1. The number of fused-ring (bicyclic) bond motifs is 1. The van der Waals surface area contributed by atoms with Crippen LogP contribution in [0, 0.1) is 17.2 Å². The predicted octanol–water partition coefficient (Wildman–Crippen LogP) is 3.27. The number of nitrogens with zero attached hydrogens (tertiary/aromatic N) is 3. The third-order valence-electron chi connectivity index (χ3n) is 4.32. The van der Waals surface area contributed by atoms with Crippen molar-refractivity contribution < 1.29 is 14.6 Å². The summed E-state index contributed by atoms with van der Waals surface area (Å²) in [5, 5.41) is 19.7. The molecule has 1 aromatic heterocycles. The maximum atomic E-state index is 11.9. The highest BCUT2D eigenvalue weighted by molar-refractivity contribution is 5.83. The van der Waals surface area contributed by atoms with E-state index in [0.29, 0.717) is 5.82 Å². The van der Waals surface area contributed by atoms with Gasteiger partial charge in [0.2, 0.25) is 0 Å². The molecule has 1 atom stereocenters. The van der Waals surface area contributed by atoms with Gasteiger partial charge in [-0.05, 0) is 30.9 Å². The Labute approximate surface area is 145 Å². The first-order valence-electron chi connectivity index (χ1n) is 8.16. The molecule has 128 valence electrons. The molecular formula is C19H19N3O3. The van der Waals surface area contributed by atoms with E-state index in [4.69, 9.17) is 4.74 Å². The fourth-order valence-electron chi connectivity index (χ4n) is 2.97. The monoisotopic (exact) mass is 337 g/mol. The number of aliphatic hydroxyl groups is 1. The Morgan fingerprint density at radius 1 is 1.48 bits per heavy atom. The van der Waals surface area contributed by atoms with Crippen molar-refractivity contribution in [3.8, 4) is 6.07 Å². The van der Waals surface area contributed by atoms with Crippen molar-refractivity contribution in [2.24, 2.45) is 13.0 Å². The average molecular weight is 337 g/mol. The smallest absolute Gasteiger partial charge is 0.306 e. The van der Waals surface area contributed by atoms with E-state index in [1.54, 1.807) is 11.6 Å². The number of imidazole rings is 1. The van der Waals surface area contributed by atoms with E-state index in [0.717, 1.165) is 23.9 Å². The largest absolute Gasteiger partial charge is 0.507 e. The fraction of sp³-hybridized carbons (Fsp3) is 0.316. The van der Waals surface area contributed by atoms with Crippen LogP contribution in [-0.4, -0.2) is 27.2 Å². The SMILES string of the molecule is Cn1c(/C(C#N)=C(\O)COC(=O)C[C@@H]2C=CCC2)nc2ccccc21. The van der Waals surface area contributed by atoms with Crippen LogP contribution in [0.3, 0.4) is 0 Å². The number of carbonyl (C=O) groups excluding carboxylic acids is 1. The Morgan fingerprint density at radius 2 is 2.28 bits per heavy atom. The van der Waals surface area contributed by atoms with Crippen molar-refractivity contribution in [3.05, 3.63) is 48.0 Å². The minimum absolute atomic E-state index is 0.00672. The highest BCUT2D eigenvalue weighted by Gasteiger charge is 2.19. The van der Waals surface area contributed by atoms with Crippen LogP contribution in [0.1, 0.15) is 25.1 Å². The van der Waals surface area contributed by atoms with Crippen LogP contribution in [0.5, 0.6) is 0 Å². The van der Waals surface area contributed by atoms with Crippen LogP contribution in [0.25, 0.3) is 16.6 Å². The number of hydrogen-bond donors (Lipinski definition) is 1. The topological polar surface area (TPSA) is 88.1 Å². The fourth-order valence-corrected chi connectivity index (χ4v) is 2.97. The van der Waals surface area contributed by atoms with Crippen LogP contribution in [0.2, 0.25) is 0 Å². The van der Waals surface area contributed by atoms with Gasteiger partial charge in [0, 0.05) is 7.05 Å². The molecule has 0 radical (unpaired) electrons. The predicted molar refractivity (Wildman–Crippen MR) is 93.3 cm³/mol. The molecule has 2 aromatic rings. The summed E-state index contributed by atoms with van der Waals surface area (Å²) in [5.41, 5.74) is 1.58. The second-order valence-electron chi connectivity index (χ2n) is 6.05. The number of carbonyl (C=O) groups is 1. The third-order valence-corrected chi connectivity index (χ3v) is 4.32. The van der Waals surface area contributed by atoms with Gasteiger partial charge in [-0.1, -0.05) is 24.3 Å². The molecule has 25 heavy (non-hydrogen) atoms. The first-order valence-corrected chi connectivity index (χ1v) is 8.16. The van der Waals surface area contributed by atoms with Gasteiger partial charge in [-0.3, -0.25) is 4.79 Å². The highest BCUT2D eigenvalue weighted by Crippen LogP contribution is 2.23. The molecule has 0 aliphatic heterocycles. The van der Waals surface area contributed by atoms with Crippen LogP contribution in [0.4, 0.5) is 0 Å². The maximum Gasteiger partial charge on any atom is 0.306 e. The number of hydrogen-bond acceptors (Lipinski definition) is 5. The molecule has 0 unspecified atom stereocenters. The van der Waals surface area contributed by atoms with Crippen LogP contribution in [-0.2, 0) is 16.6 Å². The summed E-state index contributed by atoms with van der Waals surface area (Å²) in [7, 11) is 1.77. The molecule has 0 fully saturated rings. The number of aryl methyl sites for hydroxylation is 1. The van der Waals surface area contributed by atoms with Crippen LogP contribution in [0.15, 0.2) is 42.2 Å². The number of nitriles is 1. The van der Waals surface area contributed by atoms with Crippen LogP contribution < -0.4 is 0 Å². The lowest BCUT2D eigenvalue weighted by molar-refractivity contribution is -0.144. The molecule has 0 saturated heterocycles. The van der Waals surface area contributed by atoms with Crippen molar-refractivity contribution >= 4 is 22.6 Å². The number of aliphatic hydroxyl groups excluding tert-OH is 1. The van der Waals surface area contributed by atoms with Crippen molar-refractivity contribution in [1.82, 2.24) is 9.55 Å². The van der Waals surface area contributed by atoms with Gasteiger partial charge in [-0.15, -0.1) is 0 Å². The van der Waals surface area contributed by atoms with E-state index in [-0.39, 0.29) is 36.2 Å². The highest BCUT2D eigenvalue weighted by atomic mass is 16.5. The normalized spacial score (nSPS) is 17.4. The molecule has 1 aliphatic rings. The Morgan fingerprint density at radius 3 is 2.96 bits per heavy atom. The summed E-state index contributed by atoms with van der Waals surface area (Å²) in [6.45, 7) is -0.332. The van der Waals surface area contributed by atoms with Gasteiger partial charge < -0.3 is 14.4 Å². The van der Waals surface area contributed by atoms with Gasteiger partial charge in [0.15, 0.2) is 11.6 Å². The maximum absolute atomic E-state index is 11.9. The zero-order chi connectivity index (χ0) is 17.8. The quantitative estimate of drug-likeness (QED) is 0.391. The summed E-state index contributed by atoms with van der Waals surface area (Å²) in [6, 6.07) is 9.41. The van der Waals surface area contributed by atoms with Gasteiger partial charge in [-0.25, -0.2) is 4.98 Å². The third kappa shape index (κ3) is 3.56. The van der Waals surface area contributed by atoms with E-state index in [1.165, 1.54) is 0 Å². The van der Waals surface area contributed by atoms with Gasteiger partial charge in [0.05, 0.1) is 17.5 Å². The minimum Gasteiger partial charge on any atom is -0.507 e. The van der Waals surface area contributed by atoms with Crippen molar-refractivity contribution in [1.29, 1.82) is 5.26 Å². The zero-order valence-electron chi connectivity index (χ0n) is 14.0. The lowest BCUT2D eigenvalue weighted by Gasteiger charge is -2.09. The molecule has 1 aromatic carbocycles. The second-order valence-corrected chi connectivity index (χ2v) is 6.05. The standard InChI is InChI=1S/C19H19N3O3/c1-22-16-9-5-4-8-15(16)21-19(22)14(11-20)17(23)12-25-18(24)10-13-6-2-3-7-13/h2,4-6,8-9,13,23H,3,7,10,12H2,1H3/b17-14-/t13-/m1/s1. The van der Waals surface area contributed by atoms with E-state index in [9.17, 15) is 15.2 Å². The molecule has 0 spiro atoms. The molecule has 0 saturated carbocycles. The number of esters is 1. The average Bonchev–Trinajstić information content (AvgIpc) is 3.23. The Bertz CT molecular complexity index is 902. The number of aromatic nitrogens is 2. The van der Waals surface area contributed by atoms with E-state index in [1.807, 2.05) is 36.4 Å². The number of ether oxygens (including phenoxy) is 1. The summed E-state index contributed by atoms with van der Waals surface area (Å²) < 4.78 is 6.85. The van der Waals surface area contributed by atoms with Gasteiger partial charge in [-0.2, -0.15) is 5.26 Å². The Kier molecular flexibility index (Phi) is 4.85. The Balaban J connectivity index is 1.75. The summed E-state index contributed by atoms with van der Waals surface area (Å²) in [6.07, 6.45) is 6.28. The molecule has 0 amide bonds. The van der Waals surface area contributed by atoms with E-state index >= 15 is 0 Å². The second kappa shape index (κ2) is 7.22. The van der Waals surface area contributed by atoms with Gasteiger partial charge in [0.1, 0.15) is 18.2 Å². The first kappa shape index (κ1) is 16.8. The molecule has 1 aliphatic carbocycles. The molecule has 1 N–H and O–H groups in total. The summed E-state index contributed by atoms with van der Waals surface area (Å²) >= 11 is 0. The summed E-state index contributed by atoms with van der Waals surface area (Å²) in [4.78, 5) is 16.3. The molecule has 1 heterocycles. The molecule has 6 heteroatoms. The number of rotatable bonds is 5. The van der Waals surface area contributed by atoms with Crippen molar-refractivity contribution in [2.45, 2.75) is 19.3 Å². The molecule has 0 bridgehead atoms. The van der Waals surface area contributed by atoms with Crippen molar-refractivity contribution in [2.75, 3.05) is 6.61 Å². The molecule has 3 rings (SSSR count). The lowest BCUT2D eigenvalue weighted by atomic mass is 10.1. The molecular weight excluding hydrogens is 318 g/mol. The summed E-state index contributed by atoms with van der Waals surface area (Å²) in [5.74, 6) is -0.133. The van der Waals surface area contributed by atoms with E-state index in [2.05, 4.69) is 11.1 Å². The van der Waals surface area contributed by atoms with Gasteiger partial charge >= 0.3 is 5.97 Å². The Hall–Kier alpha value is -3.07. The van der Waals surface area contributed by atoms with Crippen LogP contribution >= 0.6 is 0 Å². The minimum atomic E-state index is -0.384.